The summed E-state index contributed by atoms with van der Waals surface area (Å²) in [6.45, 7) is 0. The van der Waals surface area contributed by atoms with Gasteiger partial charge in [0.1, 0.15) is 17.7 Å². The van der Waals surface area contributed by atoms with Crippen LogP contribution in [-0.4, -0.2) is 25.1 Å². The third-order valence-electron chi connectivity index (χ3n) is 3.63. The lowest BCUT2D eigenvalue weighted by molar-refractivity contribution is 0.146. The number of pyridine rings is 2. The first kappa shape index (κ1) is 16.7. The minimum absolute atomic E-state index is 0.257. The zero-order valence-electron chi connectivity index (χ0n) is 13.8. The molecule has 4 rings (SSSR count). The first-order valence-electron chi connectivity index (χ1n) is 7.91. The van der Waals surface area contributed by atoms with Crippen LogP contribution in [0.15, 0.2) is 65.6 Å². The summed E-state index contributed by atoms with van der Waals surface area (Å²) >= 11 is 0. The summed E-state index contributed by atoms with van der Waals surface area (Å²) in [5.74, 6) is 0.257. The van der Waals surface area contributed by atoms with E-state index in [2.05, 4.69) is 30.4 Å². The highest BCUT2D eigenvalue weighted by atomic mass is 19.3. The zero-order valence-corrected chi connectivity index (χ0v) is 13.8. The maximum Gasteiger partial charge on any atom is 0.280 e. The normalized spacial score (nSPS) is 10.9. The van der Waals surface area contributed by atoms with Crippen molar-refractivity contribution in [3.8, 4) is 22.8 Å². The lowest BCUT2D eigenvalue weighted by Gasteiger charge is -2.08. The molecule has 0 aliphatic rings. The van der Waals surface area contributed by atoms with Crippen LogP contribution in [0, 0.1) is 0 Å². The van der Waals surface area contributed by atoms with Crippen molar-refractivity contribution >= 4 is 11.6 Å². The summed E-state index contributed by atoms with van der Waals surface area (Å²) in [5, 5.41) is 6.77. The Balaban J connectivity index is 1.62. The minimum atomic E-state index is -2.65. The van der Waals surface area contributed by atoms with E-state index in [1.807, 2.05) is 12.1 Å². The van der Waals surface area contributed by atoms with Gasteiger partial charge in [0, 0.05) is 24.1 Å². The molecular weight excluding hydrogens is 354 g/mol. The molecule has 134 valence electrons. The first-order valence-corrected chi connectivity index (χ1v) is 7.91. The van der Waals surface area contributed by atoms with Gasteiger partial charge in [-0.15, -0.1) is 0 Å². The quantitative estimate of drug-likeness (QED) is 0.564. The van der Waals surface area contributed by atoms with Crippen LogP contribution in [0.3, 0.4) is 0 Å². The molecule has 7 nitrogen and oxygen atoms in total. The lowest BCUT2D eigenvalue weighted by Crippen LogP contribution is -2.00. The van der Waals surface area contributed by atoms with E-state index in [-0.39, 0.29) is 11.6 Å². The Morgan fingerprint density at radius 1 is 0.852 bits per heavy atom. The molecule has 0 aliphatic heterocycles. The van der Waals surface area contributed by atoms with Crippen LogP contribution in [0.5, 0.6) is 0 Å². The van der Waals surface area contributed by atoms with Crippen LogP contribution in [0.25, 0.3) is 22.8 Å². The van der Waals surface area contributed by atoms with Crippen LogP contribution in [-0.2, 0) is 0 Å². The van der Waals surface area contributed by atoms with Gasteiger partial charge in [-0.2, -0.15) is 0 Å². The molecule has 0 fully saturated rings. The maximum atomic E-state index is 12.8. The van der Waals surface area contributed by atoms with Crippen molar-refractivity contribution in [3.63, 3.8) is 0 Å². The molecule has 0 bridgehead atoms. The van der Waals surface area contributed by atoms with E-state index in [0.29, 0.717) is 28.5 Å². The number of nitrogens with one attached hydrogen (secondary N) is 1. The molecule has 0 saturated heterocycles. The van der Waals surface area contributed by atoms with Crippen molar-refractivity contribution in [2.75, 3.05) is 5.32 Å². The Labute approximate surface area is 152 Å². The number of anilines is 2. The summed E-state index contributed by atoms with van der Waals surface area (Å²) in [5.41, 5.74) is 2.54. The number of hydrogen-bond donors (Lipinski definition) is 1. The van der Waals surface area contributed by atoms with Gasteiger partial charge in [-0.3, -0.25) is 4.98 Å². The molecule has 0 atom stereocenters. The van der Waals surface area contributed by atoms with E-state index in [1.54, 1.807) is 30.5 Å². The molecule has 9 heteroatoms. The topological polar surface area (TPSA) is 89.6 Å². The van der Waals surface area contributed by atoms with Crippen LogP contribution < -0.4 is 5.32 Å². The van der Waals surface area contributed by atoms with Gasteiger partial charge in [0.15, 0.2) is 0 Å². The van der Waals surface area contributed by atoms with Gasteiger partial charge in [0.2, 0.25) is 5.95 Å². The van der Waals surface area contributed by atoms with E-state index in [9.17, 15) is 8.78 Å². The van der Waals surface area contributed by atoms with Crippen molar-refractivity contribution in [3.05, 3.63) is 66.8 Å². The van der Waals surface area contributed by atoms with E-state index >= 15 is 0 Å². The largest absolute Gasteiger partial charge is 0.364 e. The third-order valence-corrected chi connectivity index (χ3v) is 3.63. The highest BCUT2D eigenvalue weighted by molar-refractivity contribution is 5.63. The van der Waals surface area contributed by atoms with Crippen molar-refractivity contribution in [2.45, 2.75) is 6.43 Å². The van der Waals surface area contributed by atoms with Crippen molar-refractivity contribution in [1.29, 1.82) is 0 Å². The van der Waals surface area contributed by atoms with Gasteiger partial charge in [0.25, 0.3) is 6.43 Å². The summed E-state index contributed by atoms with van der Waals surface area (Å²) in [7, 11) is 0. The fraction of sp³-hybridized carbons (Fsp3) is 0.0556. The van der Waals surface area contributed by atoms with Gasteiger partial charge in [-0.1, -0.05) is 11.2 Å². The molecule has 0 aromatic carbocycles. The minimum Gasteiger partial charge on any atom is -0.364 e. The monoisotopic (exact) mass is 366 g/mol. The highest BCUT2D eigenvalue weighted by Crippen LogP contribution is 2.23. The molecule has 0 amide bonds. The molecular formula is C18H12F2N6O. The van der Waals surface area contributed by atoms with Gasteiger partial charge >= 0.3 is 0 Å². The number of hydrogen-bond acceptors (Lipinski definition) is 7. The molecule has 0 saturated carbocycles. The molecule has 4 heterocycles. The second kappa shape index (κ2) is 7.24. The SMILES string of the molecule is FC(F)c1cc(Nc2nccc(-c3cccc(-c4ccon4)n3)n2)ccn1. The van der Waals surface area contributed by atoms with E-state index < -0.39 is 6.43 Å². The Morgan fingerprint density at radius 2 is 1.63 bits per heavy atom. The summed E-state index contributed by atoms with van der Waals surface area (Å²) in [6.07, 6.45) is 1.68. The summed E-state index contributed by atoms with van der Waals surface area (Å²) in [6, 6.07) is 11.7. The molecule has 27 heavy (non-hydrogen) atoms. The first-order chi connectivity index (χ1) is 13.2. The van der Waals surface area contributed by atoms with Crippen LogP contribution in [0.2, 0.25) is 0 Å². The van der Waals surface area contributed by atoms with Crippen LogP contribution in [0.1, 0.15) is 12.1 Å². The standard InChI is InChI=1S/C18H12F2N6O/c19-17(20)16-10-11(4-7-21-16)23-18-22-8-5-14(25-18)12-2-1-3-13(24-12)15-6-9-27-26-15/h1-10,17H,(H,21,22,23,25). The Kier molecular flexibility index (Phi) is 4.48. The predicted molar refractivity (Wildman–Crippen MR) is 93.2 cm³/mol. The average molecular weight is 366 g/mol. The Morgan fingerprint density at radius 3 is 2.41 bits per heavy atom. The Bertz CT molecular complexity index is 1060. The fourth-order valence-electron chi connectivity index (χ4n) is 2.40. The maximum absolute atomic E-state index is 12.8. The molecule has 4 aromatic heterocycles. The van der Waals surface area contributed by atoms with E-state index in [1.165, 1.54) is 18.5 Å². The number of alkyl halides is 2. The summed E-state index contributed by atoms with van der Waals surface area (Å²) in [4.78, 5) is 16.7. The zero-order chi connectivity index (χ0) is 18.6. The molecule has 4 aromatic rings. The van der Waals surface area contributed by atoms with Gasteiger partial charge < -0.3 is 9.84 Å². The molecule has 0 spiro atoms. The van der Waals surface area contributed by atoms with Crippen molar-refractivity contribution in [2.24, 2.45) is 0 Å². The van der Waals surface area contributed by atoms with Gasteiger partial charge in [-0.25, -0.2) is 23.7 Å². The second-order valence-electron chi connectivity index (χ2n) is 5.45. The molecule has 1 N–H and O–H groups in total. The van der Waals surface area contributed by atoms with Crippen molar-refractivity contribution < 1.29 is 13.3 Å². The average Bonchev–Trinajstić information content (AvgIpc) is 3.23. The van der Waals surface area contributed by atoms with Crippen LogP contribution >= 0.6 is 0 Å². The molecule has 0 aliphatic carbocycles. The molecule has 0 unspecified atom stereocenters. The van der Waals surface area contributed by atoms with Crippen LogP contribution in [0.4, 0.5) is 20.4 Å². The second-order valence-corrected chi connectivity index (χ2v) is 5.45. The van der Waals surface area contributed by atoms with Gasteiger partial charge in [0.05, 0.1) is 17.1 Å². The predicted octanol–water partition coefficient (Wildman–Crippen LogP) is 4.27. The van der Waals surface area contributed by atoms with Crippen molar-refractivity contribution in [1.82, 2.24) is 25.1 Å². The Hall–Kier alpha value is -3.75. The smallest absolute Gasteiger partial charge is 0.280 e. The number of halogens is 2. The molecule has 0 radical (unpaired) electrons. The van der Waals surface area contributed by atoms with E-state index in [4.69, 9.17) is 4.52 Å². The lowest BCUT2D eigenvalue weighted by atomic mass is 10.2. The highest BCUT2D eigenvalue weighted by Gasteiger charge is 2.11. The fourth-order valence-corrected chi connectivity index (χ4v) is 2.40. The summed E-state index contributed by atoms with van der Waals surface area (Å²) < 4.78 is 30.4. The van der Waals surface area contributed by atoms with E-state index in [0.717, 1.165) is 0 Å². The third kappa shape index (κ3) is 3.76. The number of rotatable bonds is 5. The number of aromatic nitrogens is 5. The van der Waals surface area contributed by atoms with Gasteiger partial charge in [-0.05, 0) is 30.3 Å². The number of nitrogens with zero attached hydrogens (tertiary/aromatic N) is 5.